The average Bonchev–Trinajstić information content (AvgIpc) is 3.01. The van der Waals surface area contributed by atoms with Crippen molar-refractivity contribution in [2.24, 2.45) is 0 Å². The molecule has 0 saturated heterocycles. The van der Waals surface area contributed by atoms with Crippen molar-refractivity contribution in [2.45, 2.75) is 13.1 Å². The van der Waals surface area contributed by atoms with Gasteiger partial charge < -0.3 is 10.6 Å². The van der Waals surface area contributed by atoms with E-state index in [4.69, 9.17) is 12.2 Å². The first-order valence-electron chi connectivity index (χ1n) is 7.55. The molecule has 1 aromatic heterocycles. The zero-order valence-electron chi connectivity index (χ0n) is 12.9. The zero-order chi connectivity index (χ0) is 16.8. The van der Waals surface area contributed by atoms with E-state index in [2.05, 4.69) is 15.7 Å². The molecule has 24 heavy (non-hydrogen) atoms. The van der Waals surface area contributed by atoms with E-state index < -0.39 is 0 Å². The Kier molecular flexibility index (Phi) is 5.18. The molecular weight excluding hydrogens is 323 g/mol. The van der Waals surface area contributed by atoms with Crippen molar-refractivity contribution in [3.05, 3.63) is 83.9 Å². The van der Waals surface area contributed by atoms with Crippen LogP contribution in [0.1, 0.15) is 11.1 Å². The molecule has 0 radical (unpaired) electrons. The Morgan fingerprint density at radius 1 is 1.08 bits per heavy atom. The molecule has 4 nitrogen and oxygen atoms in total. The molecule has 2 N–H and O–H groups in total. The van der Waals surface area contributed by atoms with Gasteiger partial charge in [-0.15, -0.1) is 0 Å². The smallest absolute Gasteiger partial charge is 0.171 e. The summed E-state index contributed by atoms with van der Waals surface area (Å²) in [4.78, 5) is 0. The van der Waals surface area contributed by atoms with E-state index in [1.807, 2.05) is 42.6 Å². The minimum Gasteiger partial charge on any atom is -0.358 e. The number of nitrogens with one attached hydrogen (secondary N) is 2. The van der Waals surface area contributed by atoms with Gasteiger partial charge in [-0.05, 0) is 35.5 Å². The second-order valence-electron chi connectivity index (χ2n) is 5.35. The largest absolute Gasteiger partial charge is 0.358 e. The first-order chi connectivity index (χ1) is 11.7. The van der Waals surface area contributed by atoms with E-state index in [1.54, 1.807) is 16.9 Å². The molecule has 0 aliphatic carbocycles. The molecule has 0 unspecified atom stereocenters. The number of benzene rings is 2. The molecule has 3 rings (SSSR count). The summed E-state index contributed by atoms with van der Waals surface area (Å²) in [6.45, 7) is 1.16. The third-order valence-electron chi connectivity index (χ3n) is 3.42. The topological polar surface area (TPSA) is 41.9 Å². The fraction of sp³-hybridized carbons (Fsp3) is 0.111. The lowest BCUT2D eigenvalue weighted by molar-refractivity contribution is 0.619. The Bertz CT molecular complexity index is 817. The second-order valence-corrected chi connectivity index (χ2v) is 5.76. The molecule has 0 bridgehead atoms. The van der Waals surface area contributed by atoms with Crippen LogP contribution < -0.4 is 10.6 Å². The summed E-state index contributed by atoms with van der Waals surface area (Å²) in [6, 6.07) is 16.5. The van der Waals surface area contributed by atoms with E-state index in [0.29, 0.717) is 18.2 Å². The van der Waals surface area contributed by atoms with Gasteiger partial charge in [0.2, 0.25) is 0 Å². The van der Waals surface area contributed by atoms with Crippen LogP contribution >= 0.6 is 12.2 Å². The summed E-state index contributed by atoms with van der Waals surface area (Å²) in [5.74, 6) is -0.246. The van der Waals surface area contributed by atoms with Gasteiger partial charge in [-0.2, -0.15) is 5.10 Å². The number of halogens is 1. The summed E-state index contributed by atoms with van der Waals surface area (Å²) in [6.07, 6.45) is 3.52. The van der Waals surface area contributed by atoms with Crippen molar-refractivity contribution in [1.82, 2.24) is 15.1 Å². The van der Waals surface area contributed by atoms with Crippen LogP contribution in [0.5, 0.6) is 0 Å². The Hall–Kier alpha value is -2.73. The van der Waals surface area contributed by atoms with Crippen molar-refractivity contribution in [3.63, 3.8) is 0 Å². The molecule has 0 aliphatic heterocycles. The lowest BCUT2D eigenvalue weighted by atomic mass is 10.2. The maximum absolute atomic E-state index is 13.2. The molecule has 0 fully saturated rings. The van der Waals surface area contributed by atoms with Crippen LogP contribution in [0.4, 0.5) is 10.1 Å². The van der Waals surface area contributed by atoms with E-state index in [-0.39, 0.29) is 5.82 Å². The highest BCUT2D eigenvalue weighted by Gasteiger charge is 2.03. The molecule has 0 amide bonds. The van der Waals surface area contributed by atoms with Crippen LogP contribution in [0.25, 0.3) is 0 Å². The highest BCUT2D eigenvalue weighted by Crippen LogP contribution is 2.09. The van der Waals surface area contributed by atoms with Crippen molar-refractivity contribution in [3.8, 4) is 0 Å². The number of nitrogens with zero attached hydrogens (tertiary/aromatic N) is 2. The van der Waals surface area contributed by atoms with Gasteiger partial charge in [0.25, 0.3) is 0 Å². The van der Waals surface area contributed by atoms with Crippen LogP contribution in [0, 0.1) is 5.82 Å². The van der Waals surface area contributed by atoms with Gasteiger partial charge in [0.1, 0.15) is 5.82 Å². The second kappa shape index (κ2) is 7.70. The summed E-state index contributed by atoms with van der Waals surface area (Å²) in [5, 5.41) is 11.0. The molecule has 2 aromatic carbocycles. The maximum atomic E-state index is 13.2. The fourth-order valence-electron chi connectivity index (χ4n) is 2.29. The molecular formula is C18H17FN4S. The number of hydrogen-bond donors (Lipinski definition) is 2. The highest BCUT2D eigenvalue weighted by molar-refractivity contribution is 7.80. The molecule has 0 aliphatic rings. The predicted molar refractivity (Wildman–Crippen MR) is 97.2 cm³/mol. The minimum atomic E-state index is -0.246. The summed E-state index contributed by atoms with van der Waals surface area (Å²) in [7, 11) is 0. The number of rotatable bonds is 5. The van der Waals surface area contributed by atoms with Crippen molar-refractivity contribution in [1.29, 1.82) is 0 Å². The number of anilines is 1. The van der Waals surface area contributed by atoms with Gasteiger partial charge in [-0.3, -0.25) is 4.68 Å². The van der Waals surface area contributed by atoms with E-state index in [9.17, 15) is 4.39 Å². The van der Waals surface area contributed by atoms with Crippen molar-refractivity contribution < 1.29 is 4.39 Å². The molecule has 3 aromatic rings. The lowest BCUT2D eigenvalue weighted by Crippen LogP contribution is -2.27. The average molecular weight is 340 g/mol. The number of aromatic nitrogens is 2. The number of thiocarbonyl (C=S) groups is 1. The zero-order valence-corrected chi connectivity index (χ0v) is 13.8. The Morgan fingerprint density at radius 3 is 2.67 bits per heavy atom. The Balaban J connectivity index is 1.53. The first kappa shape index (κ1) is 16.1. The van der Waals surface area contributed by atoms with Gasteiger partial charge in [-0.1, -0.05) is 42.5 Å². The molecule has 122 valence electrons. The quantitative estimate of drug-likeness (QED) is 0.697. The summed E-state index contributed by atoms with van der Waals surface area (Å²) < 4.78 is 14.9. The van der Waals surface area contributed by atoms with Crippen molar-refractivity contribution >= 4 is 23.0 Å². The fourth-order valence-corrected chi connectivity index (χ4v) is 2.48. The van der Waals surface area contributed by atoms with Crippen LogP contribution in [-0.2, 0) is 13.1 Å². The number of hydrogen-bond acceptors (Lipinski definition) is 2. The van der Waals surface area contributed by atoms with Crippen molar-refractivity contribution in [2.75, 3.05) is 5.32 Å². The standard InChI is InChI=1S/C18H17FN4S/c19-16-8-4-7-15(9-16)12-23-13-17(11-21-23)22-18(24)20-10-14-5-2-1-3-6-14/h1-9,11,13H,10,12H2,(H2,20,22,24). The van der Waals surface area contributed by atoms with E-state index in [0.717, 1.165) is 16.8 Å². The predicted octanol–water partition coefficient (Wildman–Crippen LogP) is 3.56. The normalized spacial score (nSPS) is 10.4. The van der Waals surface area contributed by atoms with E-state index >= 15 is 0 Å². The summed E-state index contributed by atoms with van der Waals surface area (Å²) >= 11 is 5.28. The van der Waals surface area contributed by atoms with Gasteiger partial charge >= 0.3 is 0 Å². The summed E-state index contributed by atoms with van der Waals surface area (Å²) in [5.41, 5.74) is 2.80. The third-order valence-corrected chi connectivity index (χ3v) is 3.67. The molecule has 6 heteroatoms. The van der Waals surface area contributed by atoms with Crippen LogP contribution in [0.15, 0.2) is 67.0 Å². The van der Waals surface area contributed by atoms with Gasteiger partial charge in [-0.25, -0.2) is 4.39 Å². The van der Waals surface area contributed by atoms with Crippen LogP contribution in [0.3, 0.4) is 0 Å². The molecule has 0 saturated carbocycles. The highest BCUT2D eigenvalue weighted by atomic mass is 32.1. The van der Waals surface area contributed by atoms with Gasteiger partial charge in [0, 0.05) is 12.7 Å². The first-order valence-corrected chi connectivity index (χ1v) is 7.95. The molecule has 1 heterocycles. The van der Waals surface area contributed by atoms with Gasteiger partial charge in [0.15, 0.2) is 5.11 Å². The Labute approximate surface area is 145 Å². The lowest BCUT2D eigenvalue weighted by Gasteiger charge is -2.08. The van der Waals surface area contributed by atoms with Gasteiger partial charge in [0.05, 0.1) is 18.4 Å². The monoisotopic (exact) mass is 340 g/mol. The molecule has 0 atom stereocenters. The SMILES string of the molecule is Fc1cccc(Cn2cc(NC(=S)NCc3ccccc3)cn2)c1. The minimum absolute atomic E-state index is 0.246. The van der Waals surface area contributed by atoms with Crippen LogP contribution in [-0.4, -0.2) is 14.9 Å². The molecule has 0 spiro atoms. The maximum Gasteiger partial charge on any atom is 0.171 e. The Morgan fingerprint density at radius 2 is 1.88 bits per heavy atom. The third kappa shape index (κ3) is 4.63. The van der Waals surface area contributed by atoms with E-state index in [1.165, 1.54) is 12.1 Å². The van der Waals surface area contributed by atoms with Crippen LogP contribution in [0.2, 0.25) is 0 Å².